The van der Waals surface area contributed by atoms with Crippen molar-refractivity contribution in [2.75, 3.05) is 18.6 Å². The van der Waals surface area contributed by atoms with Gasteiger partial charge < -0.3 is 30.0 Å². The van der Waals surface area contributed by atoms with E-state index < -0.39 is 18.0 Å². The number of alkyl halides is 3. The van der Waals surface area contributed by atoms with Crippen LogP contribution < -0.4 is 24.8 Å². The normalized spacial score (nSPS) is 11.0. The van der Waals surface area contributed by atoms with Gasteiger partial charge in [-0.1, -0.05) is 12.1 Å². The maximum atomic E-state index is 16.0. The predicted molar refractivity (Wildman–Crippen MR) is 163 cm³/mol. The Kier molecular flexibility index (Phi) is 11.5. The Balaban J connectivity index is 0.000000738. The van der Waals surface area contributed by atoms with Gasteiger partial charge in [0, 0.05) is 30.4 Å². The van der Waals surface area contributed by atoms with E-state index in [1.54, 1.807) is 60.1 Å². The third kappa shape index (κ3) is 8.86. The monoisotopic (exact) mass is 646 g/mol. The summed E-state index contributed by atoms with van der Waals surface area (Å²) in [7, 11) is 3.39. The van der Waals surface area contributed by atoms with Crippen LogP contribution in [0.3, 0.4) is 0 Å². The maximum Gasteiger partial charge on any atom is 0.490 e. The number of para-hydroxylation sites is 1. The number of amidine groups is 1. The van der Waals surface area contributed by atoms with Crippen LogP contribution in [0.4, 0.5) is 28.9 Å². The first kappa shape index (κ1) is 35.1. The molecule has 1 heterocycles. The van der Waals surface area contributed by atoms with Gasteiger partial charge in [0.1, 0.15) is 23.2 Å². The largest absolute Gasteiger partial charge is 0.496 e. The molecular formula is C31H34F4N6O5. The molecule has 4 N–H and O–H groups in total. The van der Waals surface area contributed by atoms with Crippen LogP contribution in [0, 0.1) is 11.2 Å². The summed E-state index contributed by atoms with van der Waals surface area (Å²) in [6, 6.07) is 17.7. The first-order valence-electron chi connectivity index (χ1n) is 13.8. The Hall–Kier alpha value is -5.34. The fourth-order valence-electron chi connectivity index (χ4n) is 4.12. The molecule has 1 aromatic heterocycles. The second-order valence-electron chi connectivity index (χ2n) is 9.88. The summed E-state index contributed by atoms with van der Waals surface area (Å²) in [6.07, 6.45) is -5.32. The molecule has 0 fully saturated rings. The molecule has 15 heteroatoms. The quantitative estimate of drug-likeness (QED) is 0.100. The van der Waals surface area contributed by atoms with Crippen LogP contribution in [0.15, 0.2) is 60.7 Å². The molecular weight excluding hydrogens is 612 g/mol. The fourth-order valence-corrected chi connectivity index (χ4v) is 4.12. The molecule has 11 nitrogen and oxygen atoms in total. The minimum Gasteiger partial charge on any atom is -0.496 e. The molecule has 46 heavy (non-hydrogen) atoms. The van der Waals surface area contributed by atoms with Gasteiger partial charge in [0.2, 0.25) is 0 Å². The zero-order valence-corrected chi connectivity index (χ0v) is 25.7. The van der Waals surface area contributed by atoms with E-state index in [1.165, 1.54) is 0 Å². The third-order valence-corrected chi connectivity index (χ3v) is 6.19. The number of hydrogen-bond donors (Lipinski definition) is 3. The molecule has 0 saturated carbocycles. The number of methoxy groups -OCH3 is 1. The van der Waals surface area contributed by atoms with Crippen LogP contribution in [0.2, 0.25) is 0 Å². The van der Waals surface area contributed by atoms with Gasteiger partial charge in [-0.3, -0.25) is 10.1 Å². The number of aryl methyl sites for hydroxylation is 1. The van der Waals surface area contributed by atoms with E-state index in [-0.39, 0.29) is 29.9 Å². The third-order valence-electron chi connectivity index (χ3n) is 6.19. The topological polar surface area (TPSA) is 149 Å². The zero-order chi connectivity index (χ0) is 34.2. The lowest BCUT2D eigenvalue weighted by Gasteiger charge is -2.27. The molecule has 0 unspecified atom stereocenters. The molecule has 3 aromatic carbocycles. The number of nitrogens with two attached hydrogens (primary N) is 1. The van der Waals surface area contributed by atoms with Crippen LogP contribution in [-0.2, 0) is 18.4 Å². The van der Waals surface area contributed by atoms with E-state index in [0.29, 0.717) is 41.0 Å². The summed E-state index contributed by atoms with van der Waals surface area (Å²) in [5.74, 6) is -1.06. The average Bonchev–Trinajstić information content (AvgIpc) is 3.37. The van der Waals surface area contributed by atoms with Gasteiger partial charge in [0.15, 0.2) is 17.4 Å². The summed E-state index contributed by atoms with van der Waals surface area (Å²) in [5.41, 5.74) is 7.87. The summed E-state index contributed by atoms with van der Waals surface area (Å²) < 4.78 is 66.5. The average molecular weight is 647 g/mol. The fraction of sp³-hybridized carbons (Fsp3) is 0.290. The van der Waals surface area contributed by atoms with Crippen LogP contribution >= 0.6 is 0 Å². The van der Waals surface area contributed by atoms with Gasteiger partial charge in [-0.25, -0.2) is 14.2 Å². The highest BCUT2D eigenvalue weighted by Gasteiger charge is 2.38. The van der Waals surface area contributed by atoms with Crippen molar-refractivity contribution in [1.82, 2.24) is 14.8 Å². The highest BCUT2D eigenvalue weighted by atomic mass is 19.4. The molecule has 4 rings (SSSR count). The van der Waals surface area contributed by atoms with E-state index in [1.807, 2.05) is 45.0 Å². The summed E-state index contributed by atoms with van der Waals surface area (Å²) in [6.45, 7) is 6.12. The van der Waals surface area contributed by atoms with Crippen LogP contribution in [0.1, 0.15) is 32.2 Å². The van der Waals surface area contributed by atoms with Crippen molar-refractivity contribution in [3.05, 3.63) is 77.9 Å². The Morgan fingerprint density at radius 1 is 1.11 bits per heavy atom. The van der Waals surface area contributed by atoms with E-state index in [2.05, 4.69) is 5.10 Å². The summed E-state index contributed by atoms with van der Waals surface area (Å²) in [4.78, 5) is 15.4. The number of aliphatic carboxylic acids is 1. The van der Waals surface area contributed by atoms with E-state index in [4.69, 9.17) is 40.2 Å². The molecule has 246 valence electrons. The number of rotatable bonds is 11. The zero-order valence-electron chi connectivity index (χ0n) is 25.7. The van der Waals surface area contributed by atoms with Gasteiger partial charge in [0.25, 0.3) is 0 Å². The molecule has 0 saturated heterocycles. The second-order valence-corrected chi connectivity index (χ2v) is 9.88. The lowest BCUT2D eigenvalue weighted by Crippen LogP contribution is -2.21. The highest BCUT2D eigenvalue weighted by molar-refractivity contribution is 5.95. The number of aromatic nitrogens is 3. The predicted octanol–water partition coefficient (Wildman–Crippen LogP) is 6.07. The number of carbonyl (C=O) groups is 1. The first-order valence-corrected chi connectivity index (χ1v) is 13.8. The van der Waals surface area contributed by atoms with Crippen LogP contribution in [0.5, 0.6) is 17.2 Å². The Labute approximate surface area is 262 Å². The number of carboxylic acids is 1. The molecule has 0 bridgehead atoms. The minimum atomic E-state index is -5.08. The van der Waals surface area contributed by atoms with Crippen molar-refractivity contribution in [2.24, 2.45) is 12.8 Å². The van der Waals surface area contributed by atoms with Gasteiger partial charge >= 0.3 is 12.1 Å². The van der Waals surface area contributed by atoms with Gasteiger partial charge in [-0.15, -0.1) is 0 Å². The summed E-state index contributed by atoms with van der Waals surface area (Å²) in [5, 5.41) is 19.5. The molecule has 0 aliphatic heterocycles. The SMILES string of the molecule is CCOc1cc(OC(C)C)c(F)c(N(Cc2nc(-c3ccccc3OC)nn2C)c2ccc(C(=N)N)cc2)c1.O=C(O)C(F)(F)F. The second kappa shape index (κ2) is 15.1. The van der Waals surface area contributed by atoms with Crippen molar-refractivity contribution in [1.29, 1.82) is 5.41 Å². The Morgan fingerprint density at radius 2 is 1.74 bits per heavy atom. The van der Waals surface area contributed by atoms with E-state index >= 15 is 4.39 Å². The number of nitrogen functional groups attached to an aromatic ring is 1. The molecule has 0 spiro atoms. The van der Waals surface area contributed by atoms with Crippen LogP contribution in [0.25, 0.3) is 11.4 Å². The van der Waals surface area contributed by atoms with Crippen molar-refractivity contribution in [3.8, 4) is 28.6 Å². The molecule has 0 radical (unpaired) electrons. The van der Waals surface area contributed by atoms with Crippen molar-refractivity contribution in [2.45, 2.75) is 39.6 Å². The molecule has 0 amide bonds. The van der Waals surface area contributed by atoms with Gasteiger partial charge in [-0.2, -0.15) is 18.3 Å². The molecule has 0 aliphatic rings. The number of halogens is 4. The number of hydrogen-bond acceptors (Lipinski definition) is 8. The maximum absolute atomic E-state index is 16.0. The lowest BCUT2D eigenvalue weighted by atomic mass is 10.1. The molecule has 4 aromatic rings. The molecule has 0 atom stereocenters. The van der Waals surface area contributed by atoms with Gasteiger partial charge in [0.05, 0.1) is 37.6 Å². The van der Waals surface area contributed by atoms with Crippen molar-refractivity contribution in [3.63, 3.8) is 0 Å². The summed E-state index contributed by atoms with van der Waals surface area (Å²) >= 11 is 0. The first-order chi connectivity index (χ1) is 21.7. The van der Waals surface area contributed by atoms with E-state index in [9.17, 15) is 13.2 Å². The lowest BCUT2D eigenvalue weighted by molar-refractivity contribution is -0.192. The smallest absolute Gasteiger partial charge is 0.490 e. The van der Waals surface area contributed by atoms with Gasteiger partial charge in [-0.05, 0) is 57.2 Å². The highest BCUT2D eigenvalue weighted by Crippen LogP contribution is 2.38. The van der Waals surface area contributed by atoms with Crippen molar-refractivity contribution >= 4 is 23.2 Å². The number of anilines is 2. The number of benzene rings is 3. The van der Waals surface area contributed by atoms with E-state index in [0.717, 1.165) is 5.56 Å². The standard InChI is InChI=1S/C29H33FN6O3.C2HF3O2/c1-6-38-21-15-23(27(30)25(16-21)39-18(2)3)36(20-13-11-19(12-14-20)28(31)32)17-26-33-29(34-35(26)4)22-9-7-8-10-24(22)37-5;3-2(4,5)1(6)7/h7-16,18H,6,17H2,1-5H3,(H3,31,32);(H,6,7). The Bertz CT molecular complexity index is 1660. The number of ether oxygens (including phenoxy) is 3. The Morgan fingerprint density at radius 3 is 2.28 bits per heavy atom. The van der Waals surface area contributed by atoms with Crippen LogP contribution in [-0.4, -0.2) is 57.7 Å². The molecule has 0 aliphatic carbocycles. The minimum absolute atomic E-state index is 0.0556. The number of nitrogens with one attached hydrogen (secondary N) is 1. The van der Waals surface area contributed by atoms with Crippen molar-refractivity contribution < 1.29 is 41.7 Å². The number of carboxylic acid groups (broad SMARTS) is 1. The number of nitrogens with zero attached hydrogens (tertiary/aromatic N) is 4.